The molecule has 0 saturated carbocycles. The molecule has 0 aliphatic rings. The third kappa shape index (κ3) is 39.6. The second-order valence-electron chi connectivity index (χ2n) is 11.8. The van der Waals surface area contributed by atoms with E-state index in [1.807, 2.05) is 0 Å². The molecule has 21 heteroatoms. The third-order valence-electron chi connectivity index (χ3n) is 7.02. The summed E-state index contributed by atoms with van der Waals surface area (Å²) in [5.41, 5.74) is 5.31. The molecule has 0 saturated heterocycles. The number of nitrogens with one attached hydrogen (secondary N) is 7. The van der Waals surface area contributed by atoms with Crippen LogP contribution in [0.15, 0.2) is 0 Å². The summed E-state index contributed by atoms with van der Waals surface area (Å²) in [5, 5.41) is 18.4. The van der Waals surface area contributed by atoms with Gasteiger partial charge in [0.05, 0.1) is 85.8 Å². The van der Waals surface area contributed by atoms with Crippen LogP contribution in [0.25, 0.3) is 0 Å². The number of carbonyl (C=O) groups excluding carboxylic acids is 7. The predicted octanol–water partition coefficient (Wildman–Crippen LogP) is -3.78. The second kappa shape index (κ2) is 39.8. The van der Waals surface area contributed by atoms with Crippen molar-refractivity contribution in [1.29, 1.82) is 0 Å². The predicted molar refractivity (Wildman–Crippen MR) is 206 cm³/mol. The molecule has 21 nitrogen and oxygen atoms in total. The highest BCUT2D eigenvalue weighted by Crippen LogP contribution is 1.92. The standard InChI is InChI=1S/C36H64N8O13/c1-2-11-38-36(51)9-12-39-30(45)3-4-31(46)40-14-20-54-26-27-55-21-16-43-34(49)7-8-35(50)44-17-23-57-29-28-56-22-15-42-33(48)6-5-32(47)41-13-19-53-25-24-52-18-10-37/h1H,3-29,37H2,(H,38,51)(H,39,45)(H,40,46)(H,41,47)(H,42,48)(H,43,49)(H,44,50). The van der Waals surface area contributed by atoms with Crippen molar-refractivity contribution in [2.24, 2.45) is 5.73 Å². The monoisotopic (exact) mass is 816 g/mol. The zero-order valence-corrected chi connectivity index (χ0v) is 33.1. The zero-order valence-electron chi connectivity index (χ0n) is 33.1. The van der Waals surface area contributed by atoms with Gasteiger partial charge >= 0.3 is 0 Å². The number of nitrogens with two attached hydrogens (primary N) is 1. The van der Waals surface area contributed by atoms with Crippen LogP contribution in [0.5, 0.6) is 0 Å². The fourth-order valence-corrected chi connectivity index (χ4v) is 4.13. The van der Waals surface area contributed by atoms with Crippen molar-refractivity contribution in [1.82, 2.24) is 37.2 Å². The van der Waals surface area contributed by atoms with Crippen LogP contribution in [0.3, 0.4) is 0 Å². The summed E-state index contributed by atoms with van der Waals surface area (Å²) in [5.74, 6) is 0.329. The van der Waals surface area contributed by atoms with Crippen LogP contribution in [0, 0.1) is 12.3 Å². The van der Waals surface area contributed by atoms with Gasteiger partial charge in [0.2, 0.25) is 41.4 Å². The second-order valence-corrected chi connectivity index (χ2v) is 11.8. The van der Waals surface area contributed by atoms with Crippen molar-refractivity contribution in [2.75, 3.05) is 132 Å². The Morgan fingerprint density at radius 3 is 0.860 bits per heavy atom. The van der Waals surface area contributed by atoms with Crippen molar-refractivity contribution in [2.45, 2.75) is 44.9 Å². The van der Waals surface area contributed by atoms with E-state index in [0.29, 0.717) is 59.3 Å². The number of hydrogen-bond acceptors (Lipinski definition) is 14. The largest absolute Gasteiger partial charge is 0.378 e. The van der Waals surface area contributed by atoms with Crippen molar-refractivity contribution in [3.63, 3.8) is 0 Å². The van der Waals surface area contributed by atoms with E-state index in [9.17, 15) is 33.6 Å². The Hall–Kier alpha value is -4.43. The van der Waals surface area contributed by atoms with E-state index in [1.54, 1.807) is 0 Å². The first-order chi connectivity index (χ1) is 27.7. The summed E-state index contributed by atoms with van der Waals surface area (Å²) < 4.78 is 32.0. The molecular weight excluding hydrogens is 752 g/mol. The number of hydrogen-bond donors (Lipinski definition) is 8. The molecule has 0 aliphatic heterocycles. The first-order valence-corrected chi connectivity index (χ1v) is 19.1. The fourth-order valence-electron chi connectivity index (χ4n) is 4.13. The normalized spacial score (nSPS) is 10.5. The minimum Gasteiger partial charge on any atom is -0.378 e. The Labute approximate surface area is 335 Å². The van der Waals surface area contributed by atoms with Gasteiger partial charge in [0, 0.05) is 90.8 Å². The molecule has 0 fully saturated rings. The topological polar surface area (TPSA) is 285 Å². The Morgan fingerprint density at radius 1 is 0.351 bits per heavy atom. The molecular formula is C36H64N8O13. The first kappa shape index (κ1) is 52.6. The summed E-state index contributed by atoms with van der Waals surface area (Å²) in [6.45, 7) is 6.14. The van der Waals surface area contributed by atoms with Crippen LogP contribution in [0.4, 0.5) is 0 Å². The molecule has 9 N–H and O–H groups in total. The molecule has 0 aromatic carbocycles. The van der Waals surface area contributed by atoms with Crippen LogP contribution in [0.1, 0.15) is 44.9 Å². The number of carbonyl (C=O) groups is 7. The Bertz CT molecular complexity index is 1170. The summed E-state index contributed by atoms with van der Waals surface area (Å²) in [6, 6.07) is 0. The molecule has 0 aromatic heterocycles. The molecule has 0 radical (unpaired) electrons. The first-order valence-electron chi connectivity index (χ1n) is 19.1. The smallest absolute Gasteiger partial charge is 0.222 e. The lowest BCUT2D eigenvalue weighted by molar-refractivity contribution is -0.127. The van der Waals surface area contributed by atoms with Gasteiger partial charge in [-0.25, -0.2) is 0 Å². The average Bonchev–Trinajstić information content (AvgIpc) is 3.19. The van der Waals surface area contributed by atoms with E-state index < -0.39 is 0 Å². The van der Waals surface area contributed by atoms with Gasteiger partial charge in [0.25, 0.3) is 0 Å². The summed E-state index contributed by atoms with van der Waals surface area (Å²) >= 11 is 0. The highest BCUT2D eigenvalue weighted by Gasteiger charge is 2.09. The van der Waals surface area contributed by atoms with Crippen LogP contribution >= 0.6 is 0 Å². The third-order valence-corrected chi connectivity index (χ3v) is 7.02. The highest BCUT2D eigenvalue weighted by atomic mass is 16.5. The Balaban J connectivity index is 3.50. The molecule has 0 aliphatic carbocycles. The minimum atomic E-state index is -0.333. The van der Waals surface area contributed by atoms with Gasteiger partial charge in [-0.05, 0) is 0 Å². The molecule has 0 unspecified atom stereocenters. The van der Waals surface area contributed by atoms with E-state index in [4.69, 9.17) is 40.6 Å². The number of rotatable bonds is 39. The van der Waals surface area contributed by atoms with Gasteiger partial charge in [-0.15, -0.1) is 6.42 Å². The van der Waals surface area contributed by atoms with E-state index in [2.05, 4.69) is 43.1 Å². The lowest BCUT2D eigenvalue weighted by Gasteiger charge is -2.09. The zero-order chi connectivity index (χ0) is 42.0. The quantitative estimate of drug-likeness (QED) is 0.0219. The molecule has 0 spiro atoms. The average molecular weight is 817 g/mol. The SMILES string of the molecule is C#CCNC(=O)CCNC(=O)CCC(=O)NCCOCCOCCNC(=O)CCC(=O)NCCOCCOCCNC(=O)CCC(=O)NCCOCCOCCN. The van der Waals surface area contributed by atoms with Gasteiger partial charge in [0.1, 0.15) is 0 Å². The molecule has 57 heavy (non-hydrogen) atoms. The summed E-state index contributed by atoms with van der Waals surface area (Å²) in [6.07, 6.45) is 5.34. The van der Waals surface area contributed by atoms with Crippen molar-refractivity contribution in [3.05, 3.63) is 0 Å². The molecule has 0 bridgehead atoms. The molecule has 7 amide bonds. The van der Waals surface area contributed by atoms with Gasteiger partial charge in [0.15, 0.2) is 0 Å². The molecule has 0 rings (SSSR count). The maximum atomic E-state index is 12.0. The van der Waals surface area contributed by atoms with Crippen LogP contribution in [-0.4, -0.2) is 173 Å². The van der Waals surface area contributed by atoms with E-state index in [0.717, 1.165) is 0 Å². The van der Waals surface area contributed by atoms with Crippen molar-refractivity contribution >= 4 is 41.4 Å². The van der Waals surface area contributed by atoms with Crippen LogP contribution in [0.2, 0.25) is 0 Å². The van der Waals surface area contributed by atoms with Gasteiger partial charge in [-0.2, -0.15) is 0 Å². The number of amides is 7. The maximum Gasteiger partial charge on any atom is 0.222 e. The van der Waals surface area contributed by atoms with E-state index >= 15 is 0 Å². The highest BCUT2D eigenvalue weighted by molar-refractivity contribution is 5.85. The summed E-state index contributed by atoms with van der Waals surface area (Å²) in [4.78, 5) is 82.6. The van der Waals surface area contributed by atoms with E-state index in [-0.39, 0.29) is 159 Å². The number of terminal acetylenes is 1. The molecule has 0 heterocycles. The molecule has 0 aromatic rings. The summed E-state index contributed by atoms with van der Waals surface area (Å²) in [7, 11) is 0. The van der Waals surface area contributed by atoms with Crippen molar-refractivity contribution in [3.8, 4) is 12.3 Å². The Morgan fingerprint density at radius 2 is 0.596 bits per heavy atom. The lowest BCUT2D eigenvalue weighted by Crippen LogP contribution is -2.32. The Kier molecular flexibility index (Phi) is 36.7. The molecule has 326 valence electrons. The fraction of sp³-hybridized carbons (Fsp3) is 0.750. The minimum absolute atomic E-state index is 0.00311. The molecule has 0 atom stereocenters. The van der Waals surface area contributed by atoms with E-state index in [1.165, 1.54) is 0 Å². The van der Waals surface area contributed by atoms with Crippen LogP contribution in [-0.2, 0) is 62.0 Å². The number of ether oxygens (including phenoxy) is 6. The van der Waals surface area contributed by atoms with Gasteiger partial charge in [-0.3, -0.25) is 33.6 Å². The maximum absolute atomic E-state index is 12.0. The van der Waals surface area contributed by atoms with Crippen LogP contribution < -0.4 is 43.0 Å². The lowest BCUT2D eigenvalue weighted by atomic mass is 10.2. The van der Waals surface area contributed by atoms with Gasteiger partial charge in [-0.1, -0.05) is 5.92 Å². The van der Waals surface area contributed by atoms with Crippen molar-refractivity contribution < 1.29 is 62.0 Å². The van der Waals surface area contributed by atoms with Gasteiger partial charge < -0.3 is 71.4 Å².